The van der Waals surface area contributed by atoms with Crippen LogP contribution in [0.5, 0.6) is 0 Å². The fraction of sp³-hybridized carbons (Fsp3) is 0.333. The molecule has 0 saturated heterocycles. The van der Waals surface area contributed by atoms with Crippen molar-refractivity contribution in [2.45, 2.75) is 26.4 Å². The van der Waals surface area contributed by atoms with Crippen LogP contribution in [0, 0.1) is 0 Å². The lowest BCUT2D eigenvalue weighted by Gasteiger charge is -2.12. The minimum absolute atomic E-state index is 0.00881. The number of aromatic nitrogens is 2. The third-order valence-electron chi connectivity index (χ3n) is 2.56. The van der Waals surface area contributed by atoms with E-state index < -0.39 is 0 Å². The van der Waals surface area contributed by atoms with Gasteiger partial charge in [0.1, 0.15) is 5.02 Å². The fourth-order valence-corrected chi connectivity index (χ4v) is 3.20. The molecule has 0 spiro atoms. The Morgan fingerprint density at radius 1 is 1.58 bits per heavy atom. The van der Waals surface area contributed by atoms with Gasteiger partial charge in [0.2, 0.25) is 0 Å². The largest absolute Gasteiger partial charge is 0.377 e. The van der Waals surface area contributed by atoms with E-state index in [1.165, 1.54) is 4.68 Å². The van der Waals surface area contributed by atoms with E-state index in [2.05, 4.69) is 26.3 Å². The van der Waals surface area contributed by atoms with E-state index >= 15 is 0 Å². The van der Waals surface area contributed by atoms with Crippen LogP contribution in [-0.2, 0) is 6.54 Å². The highest BCUT2D eigenvalue weighted by Crippen LogP contribution is 2.24. The molecule has 0 aliphatic heterocycles. The first-order valence-corrected chi connectivity index (χ1v) is 7.79. The number of rotatable bonds is 4. The fourth-order valence-electron chi connectivity index (χ4n) is 1.56. The zero-order valence-corrected chi connectivity index (χ0v) is 13.6. The molecule has 1 N–H and O–H groups in total. The Morgan fingerprint density at radius 2 is 2.32 bits per heavy atom. The molecule has 2 aromatic heterocycles. The van der Waals surface area contributed by atoms with Crippen LogP contribution < -0.4 is 10.9 Å². The van der Waals surface area contributed by atoms with Crippen molar-refractivity contribution in [1.29, 1.82) is 0 Å². The molecule has 0 radical (unpaired) electrons. The molecule has 0 aliphatic carbocycles. The van der Waals surface area contributed by atoms with Crippen LogP contribution in [0.4, 0.5) is 5.69 Å². The van der Waals surface area contributed by atoms with Crippen LogP contribution in [0.3, 0.4) is 0 Å². The number of halogens is 2. The third-order valence-corrected chi connectivity index (χ3v) is 4.85. The second-order valence-corrected chi connectivity index (χ2v) is 6.49. The number of nitrogens with zero attached hydrogens (tertiary/aromatic N) is 2. The Labute approximate surface area is 128 Å². The summed E-state index contributed by atoms with van der Waals surface area (Å²) >= 11 is 11.2. The molecule has 0 aromatic carbocycles. The van der Waals surface area contributed by atoms with Gasteiger partial charge in [-0.3, -0.25) is 4.79 Å². The molecule has 4 nitrogen and oxygen atoms in total. The average Bonchev–Trinajstić information content (AvgIpc) is 2.76. The van der Waals surface area contributed by atoms with E-state index in [-0.39, 0.29) is 16.6 Å². The minimum atomic E-state index is -0.271. The van der Waals surface area contributed by atoms with E-state index in [9.17, 15) is 4.79 Å². The number of thiophene rings is 1. The van der Waals surface area contributed by atoms with Crippen molar-refractivity contribution in [3.63, 3.8) is 0 Å². The molecule has 2 heterocycles. The molecule has 2 aromatic rings. The quantitative estimate of drug-likeness (QED) is 0.897. The van der Waals surface area contributed by atoms with E-state index in [0.717, 1.165) is 9.35 Å². The monoisotopic (exact) mass is 361 g/mol. The van der Waals surface area contributed by atoms with Gasteiger partial charge in [0, 0.05) is 9.35 Å². The zero-order valence-electron chi connectivity index (χ0n) is 10.5. The number of hydrogen-bond acceptors (Lipinski definition) is 4. The first-order valence-electron chi connectivity index (χ1n) is 5.73. The summed E-state index contributed by atoms with van der Waals surface area (Å²) in [6.07, 6.45) is 1.59. The van der Waals surface area contributed by atoms with Crippen LogP contribution in [0.2, 0.25) is 5.02 Å². The highest BCUT2D eigenvalue weighted by Gasteiger charge is 2.11. The van der Waals surface area contributed by atoms with Crippen LogP contribution in [0.15, 0.2) is 26.9 Å². The molecule has 0 atom stereocenters. The van der Waals surface area contributed by atoms with Crippen molar-refractivity contribution in [2.75, 3.05) is 5.32 Å². The molecule has 0 saturated carbocycles. The SMILES string of the molecule is CC(C)n1ncc(NCc2sccc2Br)c(Cl)c1=O. The Morgan fingerprint density at radius 3 is 2.89 bits per heavy atom. The maximum atomic E-state index is 12.0. The molecule has 0 aliphatic rings. The maximum absolute atomic E-state index is 12.0. The molecule has 7 heteroatoms. The predicted molar refractivity (Wildman–Crippen MR) is 83.2 cm³/mol. The van der Waals surface area contributed by atoms with Crippen molar-refractivity contribution in [3.05, 3.63) is 42.4 Å². The highest BCUT2D eigenvalue weighted by atomic mass is 79.9. The van der Waals surface area contributed by atoms with Crippen molar-refractivity contribution in [1.82, 2.24) is 9.78 Å². The molecule has 0 bridgehead atoms. The van der Waals surface area contributed by atoms with Crippen LogP contribution in [0.1, 0.15) is 24.8 Å². The first-order chi connectivity index (χ1) is 9.00. The normalized spacial score (nSPS) is 11.0. The summed E-state index contributed by atoms with van der Waals surface area (Å²) in [6.45, 7) is 4.38. The van der Waals surface area contributed by atoms with E-state index in [1.54, 1.807) is 17.5 Å². The lowest BCUT2D eigenvalue weighted by atomic mass is 10.3. The molecule has 2 rings (SSSR count). The van der Waals surface area contributed by atoms with E-state index in [1.807, 2.05) is 25.3 Å². The molecular weight excluding hydrogens is 350 g/mol. The van der Waals surface area contributed by atoms with Gasteiger partial charge in [-0.05, 0) is 41.2 Å². The number of anilines is 1. The third kappa shape index (κ3) is 3.19. The maximum Gasteiger partial charge on any atom is 0.287 e. The van der Waals surface area contributed by atoms with E-state index in [4.69, 9.17) is 11.6 Å². The van der Waals surface area contributed by atoms with Crippen molar-refractivity contribution in [2.24, 2.45) is 0 Å². The van der Waals surface area contributed by atoms with E-state index in [0.29, 0.717) is 12.2 Å². The van der Waals surface area contributed by atoms with Gasteiger partial charge in [-0.2, -0.15) is 5.10 Å². The summed E-state index contributed by atoms with van der Waals surface area (Å²) in [5.74, 6) is 0. The molecule has 19 heavy (non-hydrogen) atoms. The average molecular weight is 363 g/mol. The van der Waals surface area contributed by atoms with Gasteiger partial charge in [0.25, 0.3) is 5.56 Å². The lowest BCUT2D eigenvalue weighted by molar-refractivity contribution is 0.503. The molecule has 0 unspecified atom stereocenters. The predicted octanol–water partition coefficient (Wildman–Crippen LogP) is 3.91. The second-order valence-electron chi connectivity index (χ2n) is 4.26. The Bertz CT molecular complexity index is 638. The first kappa shape index (κ1) is 14.6. The standard InChI is InChI=1S/C12H13BrClN3OS/c1-7(2)17-12(18)11(14)9(5-16-17)15-6-10-8(13)3-4-19-10/h3-5,7,15H,6H2,1-2H3. The Hall–Kier alpha value is -0.850. The summed E-state index contributed by atoms with van der Waals surface area (Å²) in [6, 6.07) is 1.98. The summed E-state index contributed by atoms with van der Waals surface area (Å²) in [5.41, 5.74) is 0.288. The lowest BCUT2D eigenvalue weighted by Crippen LogP contribution is -2.25. The zero-order chi connectivity index (χ0) is 14.0. The van der Waals surface area contributed by atoms with Gasteiger partial charge in [0.15, 0.2) is 0 Å². The summed E-state index contributed by atoms with van der Waals surface area (Å²) < 4.78 is 2.42. The highest BCUT2D eigenvalue weighted by molar-refractivity contribution is 9.10. The van der Waals surface area contributed by atoms with Gasteiger partial charge in [-0.25, -0.2) is 4.68 Å². The topological polar surface area (TPSA) is 46.9 Å². The molecular formula is C12H13BrClN3OS. The van der Waals surface area contributed by atoms with Crippen molar-refractivity contribution < 1.29 is 0 Å². The van der Waals surface area contributed by atoms with Crippen LogP contribution in [0.25, 0.3) is 0 Å². The van der Waals surface area contributed by atoms with Crippen molar-refractivity contribution >= 4 is 44.6 Å². The molecule has 0 amide bonds. The van der Waals surface area contributed by atoms with Crippen LogP contribution in [-0.4, -0.2) is 9.78 Å². The number of nitrogens with one attached hydrogen (secondary N) is 1. The summed E-state index contributed by atoms with van der Waals surface area (Å²) in [7, 11) is 0. The summed E-state index contributed by atoms with van der Waals surface area (Å²) in [4.78, 5) is 13.1. The minimum Gasteiger partial charge on any atom is -0.377 e. The van der Waals surface area contributed by atoms with Gasteiger partial charge >= 0.3 is 0 Å². The van der Waals surface area contributed by atoms with Crippen LogP contribution >= 0.6 is 38.9 Å². The Balaban J connectivity index is 2.20. The smallest absolute Gasteiger partial charge is 0.287 e. The second kappa shape index (κ2) is 6.07. The molecule has 0 fully saturated rings. The molecule has 102 valence electrons. The van der Waals surface area contributed by atoms with Crippen molar-refractivity contribution in [3.8, 4) is 0 Å². The van der Waals surface area contributed by atoms with Gasteiger partial charge in [-0.15, -0.1) is 11.3 Å². The van der Waals surface area contributed by atoms with Gasteiger partial charge < -0.3 is 5.32 Å². The van der Waals surface area contributed by atoms with Gasteiger partial charge in [0.05, 0.1) is 24.5 Å². The summed E-state index contributed by atoms with van der Waals surface area (Å²) in [5, 5.41) is 9.42. The Kier molecular flexibility index (Phi) is 4.65. The number of hydrogen-bond donors (Lipinski definition) is 1. The van der Waals surface area contributed by atoms with Gasteiger partial charge in [-0.1, -0.05) is 11.6 Å².